The second-order valence-electron chi connectivity index (χ2n) is 4.85. The third-order valence-corrected chi connectivity index (χ3v) is 3.78. The quantitative estimate of drug-likeness (QED) is 0.697. The maximum absolute atomic E-state index is 12.3. The largest absolute Gasteiger partial charge is 0.357 e. The summed E-state index contributed by atoms with van der Waals surface area (Å²) in [4.78, 5) is 25.9. The van der Waals surface area contributed by atoms with Gasteiger partial charge in [0.15, 0.2) is 0 Å². The Kier molecular flexibility index (Phi) is 3.99. The number of likely N-dealkylation sites (N-methyl/N-ethyl adjacent to an activating group) is 1. The maximum atomic E-state index is 12.3. The standard InChI is InChI=1S/C12H21N3O2/c1-13-11(16)10-8-14-6-7-15(10)12(17)9-4-2-3-5-9/h9-10,14H,2-8H2,1H3,(H,13,16)/t10-/m1/s1. The lowest BCUT2D eigenvalue weighted by molar-refractivity contribution is -0.144. The Balaban J connectivity index is 2.04. The van der Waals surface area contributed by atoms with Gasteiger partial charge in [-0.05, 0) is 12.8 Å². The number of carbonyl (C=O) groups is 2. The number of piperazine rings is 1. The van der Waals surface area contributed by atoms with Crippen molar-refractivity contribution in [1.29, 1.82) is 0 Å². The van der Waals surface area contributed by atoms with E-state index in [2.05, 4.69) is 10.6 Å². The van der Waals surface area contributed by atoms with Crippen LogP contribution in [0.5, 0.6) is 0 Å². The molecule has 2 rings (SSSR count). The van der Waals surface area contributed by atoms with Crippen molar-refractivity contribution in [1.82, 2.24) is 15.5 Å². The Morgan fingerprint density at radius 3 is 2.65 bits per heavy atom. The van der Waals surface area contributed by atoms with Crippen LogP contribution in [0.2, 0.25) is 0 Å². The molecule has 0 spiro atoms. The zero-order valence-corrected chi connectivity index (χ0v) is 10.4. The molecular weight excluding hydrogens is 218 g/mol. The van der Waals surface area contributed by atoms with Gasteiger partial charge in [-0.3, -0.25) is 9.59 Å². The monoisotopic (exact) mass is 239 g/mol. The summed E-state index contributed by atoms with van der Waals surface area (Å²) in [5.41, 5.74) is 0. The van der Waals surface area contributed by atoms with E-state index >= 15 is 0 Å². The molecule has 2 fully saturated rings. The summed E-state index contributed by atoms with van der Waals surface area (Å²) < 4.78 is 0. The summed E-state index contributed by atoms with van der Waals surface area (Å²) in [5, 5.41) is 5.81. The van der Waals surface area contributed by atoms with Gasteiger partial charge in [-0.25, -0.2) is 0 Å². The summed E-state index contributed by atoms with van der Waals surface area (Å²) in [5.74, 6) is 0.265. The Hall–Kier alpha value is -1.10. The summed E-state index contributed by atoms with van der Waals surface area (Å²) in [7, 11) is 1.62. The Morgan fingerprint density at radius 1 is 1.29 bits per heavy atom. The van der Waals surface area contributed by atoms with Crippen LogP contribution in [0.1, 0.15) is 25.7 Å². The molecule has 1 aliphatic heterocycles. The molecule has 0 unspecified atom stereocenters. The van der Waals surface area contributed by atoms with E-state index in [0.717, 1.165) is 32.2 Å². The second kappa shape index (κ2) is 5.49. The van der Waals surface area contributed by atoms with E-state index in [1.807, 2.05) is 0 Å². The van der Waals surface area contributed by atoms with Crippen LogP contribution in [0.25, 0.3) is 0 Å². The third-order valence-electron chi connectivity index (χ3n) is 3.78. The van der Waals surface area contributed by atoms with Gasteiger partial charge in [0.2, 0.25) is 11.8 Å². The van der Waals surface area contributed by atoms with Gasteiger partial charge in [0, 0.05) is 32.6 Å². The molecule has 2 aliphatic rings. The number of carbonyl (C=O) groups excluding carboxylic acids is 2. The van der Waals surface area contributed by atoms with Gasteiger partial charge in [0.1, 0.15) is 6.04 Å². The molecule has 1 saturated heterocycles. The molecular formula is C12H21N3O2. The number of hydrogen-bond acceptors (Lipinski definition) is 3. The molecule has 0 aromatic rings. The average Bonchev–Trinajstić information content (AvgIpc) is 2.91. The fourth-order valence-corrected chi connectivity index (χ4v) is 2.78. The molecule has 96 valence electrons. The first-order valence-electron chi connectivity index (χ1n) is 6.47. The van der Waals surface area contributed by atoms with E-state index < -0.39 is 0 Å². The fourth-order valence-electron chi connectivity index (χ4n) is 2.78. The Bertz CT molecular complexity index is 300. The van der Waals surface area contributed by atoms with Crippen molar-refractivity contribution in [3.8, 4) is 0 Å². The van der Waals surface area contributed by atoms with Crippen LogP contribution in [-0.4, -0.2) is 49.4 Å². The summed E-state index contributed by atoms with van der Waals surface area (Å²) in [6.07, 6.45) is 4.27. The molecule has 5 nitrogen and oxygen atoms in total. The maximum Gasteiger partial charge on any atom is 0.243 e. The molecule has 0 aromatic heterocycles. The SMILES string of the molecule is CNC(=O)[C@H]1CNCCN1C(=O)C1CCCC1. The van der Waals surface area contributed by atoms with Crippen molar-refractivity contribution < 1.29 is 9.59 Å². The van der Waals surface area contributed by atoms with Gasteiger partial charge in [-0.1, -0.05) is 12.8 Å². The normalized spacial score (nSPS) is 25.9. The molecule has 5 heteroatoms. The predicted octanol–water partition coefficient (Wildman–Crippen LogP) is -0.277. The number of amides is 2. The van der Waals surface area contributed by atoms with Gasteiger partial charge in [-0.2, -0.15) is 0 Å². The van der Waals surface area contributed by atoms with Crippen molar-refractivity contribution in [3.63, 3.8) is 0 Å². The fraction of sp³-hybridized carbons (Fsp3) is 0.833. The minimum Gasteiger partial charge on any atom is -0.357 e. The number of rotatable bonds is 2. The van der Waals surface area contributed by atoms with E-state index in [9.17, 15) is 9.59 Å². The summed E-state index contributed by atoms with van der Waals surface area (Å²) >= 11 is 0. The molecule has 1 heterocycles. The van der Waals surface area contributed by atoms with E-state index in [1.165, 1.54) is 0 Å². The summed E-state index contributed by atoms with van der Waals surface area (Å²) in [6, 6.07) is -0.332. The van der Waals surface area contributed by atoms with E-state index in [4.69, 9.17) is 0 Å². The number of hydrogen-bond donors (Lipinski definition) is 2. The van der Waals surface area contributed by atoms with Crippen LogP contribution in [0.15, 0.2) is 0 Å². The van der Waals surface area contributed by atoms with Gasteiger partial charge in [0.05, 0.1) is 0 Å². The first-order chi connectivity index (χ1) is 8.24. The van der Waals surface area contributed by atoms with Crippen LogP contribution < -0.4 is 10.6 Å². The van der Waals surface area contributed by atoms with E-state index in [1.54, 1.807) is 11.9 Å². The first kappa shape index (κ1) is 12.4. The molecule has 0 aromatic carbocycles. The lowest BCUT2D eigenvalue weighted by Gasteiger charge is -2.36. The van der Waals surface area contributed by atoms with Gasteiger partial charge < -0.3 is 15.5 Å². The van der Waals surface area contributed by atoms with E-state index in [-0.39, 0.29) is 23.8 Å². The van der Waals surface area contributed by atoms with Crippen LogP contribution >= 0.6 is 0 Å². The van der Waals surface area contributed by atoms with Crippen LogP contribution in [0, 0.1) is 5.92 Å². The number of nitrogens with zero attached hydrogens (tertiary/aromatic N) is 1. The molecule has 0 radical (unpaired) electrons. The van der Waals surface area contributed by atoms with Crippen molar-refractivity contribution >= 4 is 11.8 Å². The lowest BCUT2D eigenvalue weighted by atomic mass is 10.0. The minimum absolute atomic E-state index is 0.0662. The highest BCUT2D eigenvalue weighted by atomic mass is 16.2. The highest BCUT2D eigenvalue weighted by Crippen LogP contribution is 2.27. The molecule has 1 aliphatic carbocycles. The molecule has 0 bridgehead atoms. The predicted molar refractivity (Wildman–Crippen MR) is 64.4 cm³/mol. The van der Waals surface area contributed by atoms with Crippen molar-refractivity contribution in [2.24, 2.45) is 5.92 Å². The number of nitrogens with one attached hydrogen (secondary N) is 2. The molecule has 17 heavy (non-hydrogen) atoms. The smallest absolute Gasteiger partial charge is 0.243 e. The first-order valence-corrected chi connectivity index (χ1v) is 6.47. The molecule has 1 saturated carbocycles. The summed E-state index contributed by atoms with van der Waals surface area (Å²) in [6.45, 7) is 2.00. The molecule has 2 amide bonds. The van der Waals surface area contributed by atoms with Crippen molar-refractivity contribution in [2.45, 2.75) is 31.7 Å². The topological polar surface area (TPSA) is 61.4 Å². The van der Waals surface area contributed by atoms with Crippen LogP contribution in [-0.2, 0) is 9.59 Å². The zero-order chi connectivity index (χ0) is 12.3. The minimum atomic E-state index is -0.332. The van der Waals surface area contributed by atoms with Crippen LogP contribution in [0.3, 0.4) is 0 Å². The Morgan fingerprint density at radius 2 is 2.00 bits per heavy atom. The lowest BCUT2D eigenvalue weighted by Crippen LogP contribution is -2.60. The van der Waals surface area contributed by atoms with Crippen molar-refractivity contribution in [3.05, 3.63) is 0 Å². The van der Waals surface area contributed by atoms with Crippen molar-refractivity contribution in [2.75, 3.05) is 26.7 Å². The van der Waals surface area contributed by atoms with Crippen LogP contribution in [0.4, 0.5) is 0 Å². The van der Waals surface area contributed by atoms with Gasteiger partial charge in [-0.15, -0.1) is 0 Å². The molecule has 1 atom stereocenters. The van der Waals surface area contributed by atoms with E-state index in [0.29, 0.717) is 13.1 Å². The highest BCUT2D eigenvalue weighted by molar-refractivity contribution is 5.89. The highest BCUT2D eigenvalue weighted by Gasteiger charge is 2.35. The Labute approximate surface area is 102 Å². The van der Waals surface area contributed by atoms with Gasteiger partial charge in [0.25, 0.3) is 0 Å². The third kappa shape index (κ3) is 2.60. The van der Waals surface area contributed by atoms with Gasteiger partial charge >= 0.3 is 0 Å². The zero-order valence-electron chi connectivity index (χ0n) is 10.4. The second-order valence-corrected chi connectivity index (χ2v) is 4.85. The average molecular weight is 239 g/mol. The molecule has 2 N–H and O–H groups in total.